The van der Waals surface area contributed by atoms with Crippen LogP contribution >= 0.6 is 15.9 Å². The Labute approximate surface area is 108 Å². The van der Waals surface area contributed by atoms with Crippen molar-refractivity contribution in [2.45, 2.75) is 25.7 Å². The molecule has 1 fully saturated rings. The van der Waals surface area contributed by atoms with Gasteiger partial charge in [0.1, 0.15) is 0 Å². The zero-order valence-corrected chi connectivity index (χ0v) is 11.0. The number of fused-ring (bicyclic) bond motifs is 1. The van der Waals surface area contributed by atoms with Crippen molar-refractivity contribution < 1.29 is 18.9 Å². The van der Waals surface area contributed by atoms with Crippen LogP contribution in [0.25, 0.3) is 0 Å². The van der Waals surface area contributed by atoms with Crippen molar-refractivity contribution in [1.82, 2.24) is 0 Å². The van der Waals surface area contributed by atoms with E-state index in [2.05, 4.69) is 22.9 Å². The first-order valence-corrected chi connectivity index (χ1v) is 6.39. The van der Waals surface area contributed by atoms with Crippen molar-refractivity contribution in [2.24, 2.45) is 0 Å². The van der Waals surface area contributed by atoms with Gasteiger partial charge >= 0.3 is 0 Å². The van der Waals surface area contributed by atoms with Gasteiger partial charge in [-0.3, -0.25) is 0 Å². The van der Waals surface area contributed by atoms with Gasteiger partial charge in [-0.05, 0) is 25.5 Å². The molecule has 2 unspecified atom stereocenters. The monoisotopic (exact) mass is 300 g/mol. The molecule has 17 heavy (non-hydrogen) atoms. The molecule has 4 nitrogen and oxygen atoms in total. The third kappa shape index (κ3) is 2.14. The minimum Gasteiger partial charge on any atom is -0.454 e. The Morgan fingerprint density at radius 2 is 2.00 bits per heavy atom. The fourth-order valence-corrected chi connectivity index (χ4v) is 2.45. The molecule has 0 saturated carbocycles. The van der Waals surface area contributed by atoms with Gasteiger partial charge in [0.15, 0.2) is 17.8 Å². The van der Waals surface area contributed by atoms with Crippen LogP contribution in [0.1, 0.15) is 25.2 Å². The molecule has 2 aliphatic rings. The third-order valence-corrected chi connectivity index (χ3v) is 3.58. The fourth-order valence-electron chi connectivity index (χ4n) is 1.94. The van der Waals surface area contributed by atoms with Gasteiger partial charge in [-0.15, -0.1) is 0 Å². The first kappa shape index (κ1) is 11.3. The van der Waals surface area contributed by atoms with Crippen molar-refractivity contribution in [3.63, 3.8) is 0 Å². The Hall–Kier alpha value is -0.780. The van der Waals surface area contributed by atoms with E-state index in [9.17, 15) is 0 Å². The average Bonchev–Trinajstić information content (AvgIpc) is 2.75. The van der Waals surface area contributed by atoms with Crippen LogP contribution in [-0.4, -0.2) is 19.5 Å². The number of halogens is 1. The van der Waals surface area contributed by atoms with Gasteiger partial charge in [0, 0.05) is 10.0 Å². The van der Waals surface area contributed by atoms with E-state index in [1.165, 1.54) is 0 Å². The van der Waals surface area contributed by atoms with Gasteiger partial charge in [0.2, 0.25) is 6.79 Å². The molecule has 2 aliphatic heterocycles. The fraction of sp³-hybridized carbons (Fsp3) is 0.500. The summed E-state index contributed by atoms with van der Waals surface area (Å²) in [7, 11) is 0. The molecule has 92 valence electrons. The lowest BCUT2D eigenvalue weighted by Gasteiger charge is -2.29. The molecule has 1 aromatic rings. The van der Waals surface area contributed by atoms with Gasteiger partial charge in [0.05, 0.1) is 12.7 Å². The van der Waals surface area contributed by atoms with Crippen molar-refractivity contribution in [3.05, 3.63) is 22.2 Å². The van der Waals surface area contributed by atoms with Gasteiger partial charge in [-0.1, -0.05) is 15.9 Å². The minimum atomic E-state index is -0.331. The Balaban J connectivity index is 1.91. The topological polar surface area (TPSA) is 36.9 Å². The van der Waals surface area contributed by atoms with E-state index in [1.807, 2.05) is 12.1 Å². The highest BCUT2D eigenvalue weighted by atomic mass is 79.9. The summed E-state index contributed by atoms with van der Waals surface area (Å²) in [4.78, 5) is 0. The number of hydrogen-bond donors (Lipinski definition) is 0. The predicted octanol–water partition coefficient (Wildman–Crippen LogP) is 3.00. The van der Waals surface area contributed by atoms with Crippen molar-refractivity contribution >= 4 is 15.9 Å². The second-order valence-corrected chi connectivity index (χ2v) is 5.02. The highest BCUT2D eigenvalue weighted by molar-refractivity contribution is 9.10. The Kier molecular flexibility index (Phi) is 2.98. The number of ether oxygens (including phenoxy) is 4. The number of rotatable bonds is 1. The molecule has 0 spiro atoms. The molecule has 0 amide bonds. The Morgan fingerprint density at radius 3 is 2.76 bits per heavy atom. The maximum absolute atomic E-state index is 5.76. The molecule has 5 heteroatoms. The summed E-state index contributed by atoms with van der Waals surface area (Å²) in [6.07, 6.45) is 0.812. The summed E-state index contributed by atoms with van der Waals surface area (Å²) in [6, 6.07) is 3.80. The van der Waals surface area contributed by atoms with Gasteiger partial charge in [-0.2, -0.15) is 0 Å². The largest absolute Gasteiger partial charge is 0.454 e. The average molecular weight is 301 g/mol. The normalized spacial score (nSPS) is 27.2. The molecular weight excluding hydrogens is 288 g/mol. The van der Waals surface area contributed by atoms with Crippen LogP contribution in [-0.2, 0) is 9.47 Å². The van der Waals surface area contributed by atoms with Crippen molar-refractivity contribution in [3.8, 4) is 11.5 Å². The van der Waals surface area contributed by atoms with E-state index < -0.39 is 0 Å². The summed E-state index contributed by atoms with van der Waals surface area (Å²) in [6.45, 7) is 3.04. The summed E-state index contributed by atoms with van der Waals surface area (Å²) in [5.74, 6) is 1.50. The quantitative estimate of drug-likeness (QED) is 0.799. The van der Waals surface area contributed by atoms with Crippen LogP contribution in [0, 0.1) is 0 Å². The second-order valence-electron chi connectivity index (χ2n) is 4.17. The first-order chi connectivity index (χ1) is 8.24. The van der Waals surface area contributed by atoms with Crippen LogP contribution in [0.4, 0.5) is 0 Å². The van der Waals surface area contributed by atoms with Crippen LogP contribution in [0.15, 0.2) is 16.6 Å². The molecule has 1 saturated heterocycles. The van der Waals surface area contributed by atoms with Gasteiger partial charge in [-0.25, -0.2) is 0 Å². The Morgan fingerprint density at radius 1 is 1.24 bits per heavy atom. The second kappa shape index (κ2) is 4.48. The lowest BCUT2D eigenvalue weighted by atomic mass is 10.1. The molecule has 0 bridgehead atoms. The van der Waals surface area contributed by atoms with Crippen LogP contribution in [0.5, 0.6) is 11.5 Å². The lowest BCUT2D eigenvalue weighted by Crippen LogP contribution is -2.24. The van der Waals surface area contributed by atoms with Gasteiger partial charge in [0.25, 0.3) is 0 Å². The maximum atomic E-state index is 5.76. The molecule has 0 aliphatic carbocycles. The minimum absolute atomic E-state index is 0.214. The van der Waals surface area contributed by atoms with Gasteiger partial charge < -0.3 is 18.9 Å². The molecule has 1 aromatic carbocycles. The zero-order valence-electron chi connectivity index (χ0n) is 9.44. The summed E-state index contributed by atoms with van der Waals surface area (Å²) in [5.41, 5.74) is 0.945. The molecule has 0 aromatic heterocycles. The van der Waals surface area contributed by atoms with Crippen LogP contribution in [0.3, 0.4) is 0 Å². The van der Waals surface area contributed by atoms with E-state index in [0.717, 1.165) is 28.0 Å². The molecular formula is C12H13BrO4. The highest BCUT2D eigenvalue weighted by Crippen LogP contribution is 2.41. The SMILES string of the molecule is CC1CCOC(c2cc3c(cc2Br)OCO3)O1. The van der Waals surface area contributed by atoms with Crippen molar-refractivity contribution in [2.75, 3.05) is 13.4 Å². The van der Waals surface area contributed by atoms with E-state index in [0.29, 0.717) is 6.61 Å². The van der Waals surface area contributed by atoms with Crippen LogP contribution in [0.2, 0.25) is 0 Å². The van der Waals surface area contributed by atoms with E-state index in [1.54, 1.807) is 0 Å². The molecule has 2 atom stereocenters. The Bertz CT molecular complexity index is 435. The molecule has 0 radical (unpaired) electrons. The number of hydrogen-bond acceptors (Lipinski definition) is 4. The zero-order chi connectivity index (χ0) is 11.8. The standard InChI is InChI=1S/C12H13BrO4/c1-7-2-3-14-12(17-7)8-4-10-11(5-9(8)13)16-6-15-10/h4-5,7,12H,2-3,6H2,1H3. The smallest absolute Gasteiger partial charge is 0.231 e. The van der Waals surface area contributed by atoms with E-state index >= 15 is 0 Å². The predicted molar refractivity (Wildman–Crippen MR) is 64.1 cm³/mol. The van der Waals surface area contributed by atoms with Crippen molar-refractivity contribution in [1.29, 1.82) is 0 Å². The summed E-state index contributed by atoms with van der Waals surface area (Å²) < 4.78 is 23.0. The molecule has 0 N–H and O–H groups in total. The van der Waals surface area contributed by atoms with E-state index in [-0.39, 0.29) is 19.2 Å². The molecule has 2 heterocycles. The number of benzene rings is 1. The highest BCUT2D eigenvalue weighted by Gasteiger charge is 2.26. The van der Waals surface area contributed by atoms with E-state index in [4.69, 9.17) is 18.9 Å². The maximum Gasteiger partial charge on any atom is 0.231 e. The summed E-state index contributed by atoms with van der Waals surface area (Å²) in [5, 5.41) is 0. The van der Waals surface area contributed by atoms with Crippen LogP contribution < -0.4 is 9.47 Å². The summed E-state index contributed by atoms with van der Waals surface area (Å²) >= 11 is 3.51. The lowest BCUT2D eigenvalue weighted by molar-refractivity contribution is -0.212. The first-order valence-electron chi connectivity index (χ1n) is 5.60. The molecule has 3 rings (SSSR count). The third-order valence-electron chi connectivity index (χ3n) is 2.90.